The fourth-order valence-electron chi connectivity index (χ4n) is 2.74. The molecule has 5 nitrogen and oxygen atoms in total. The molecule has 0 spiro atoms. The van der Waals surface area contributed by atoms with Gasteiger partial charge in [0.15, 0.2) is 11.5 Å². The molecule has 1 N–H and O–H groups in total. The van der Waals surface area contributed by atoms with Crippen LogP contribution in [0.4, 0.5) is 4.39 Å². The molecular formula is C24H22BrFN2O3. The van der Waals surface area contributed by atoms with Gasteiger partial charge in [-0.15, -0.1) is 0 Å². The standard InChI is InChI=1S/C24H22BrFN2O3/c1-2-30-23-13-19(7-12-22(23)31-16-18-5-10-21(26)11-6-18)15-27-28-24(29)14-17-3-8-20(25)9-4-17/h3-13,15H,2,14,16H2,1H3,(H,28,29)/b27-15-. The number of carbonyl (C=O) groups excluding carboxylic acids is 1. The maximum absolute atomic E-state index is 13.0. The van der Waals surface area contributed by atoms with E-state index in [-0.39, 0.29) is 18.1 Å². The maximum Gasteiger partial charge on any atom is 0.244 e. The first-order valence-corrected chi connectivity index (χ1v) is 10.5. The molecule has 0 saturated heterocycles. The molecule has 31 heavy (non-hydrogen) atoms. The summed E-state index contributed by atoms with van der Waals surface area (Å²) in [4.78, 5) is 12.0. The number of hydrogen-bond donors (Lipinski definition) is 1. The average molecular weight is 485 g/mol. The summed E-state index contributed by atoms with van der Waals surface area (Å²) in [5, 5.41) is 4.02. The van der Waals surface area contributed by atoms with Gasteiger partial charge in [0.2, 0.25) is 5.91 Å². The second-order valence-electron chi connectivity index (χ2n) is 6.65. The number of rotatable bonds is 9. The lowest BCUT2D eigenvalue weighted by Crippen LogP contribution is -2.19. The highest BCUT2D eigenvalue weighted by Gasteiger charge is 2.07. The Morgan fingerprint density at radius 1 is 1.00 bits per heavy atom. The van der Waals surface area contributed by atoms with Crippen LogP contribution in [0.15, 0.2) is 76.3 Å². The van der Waals surface area contributed by atoms with Crippen molar-refractivity contribution in [3.05, 3.63) is 93.7 Å². The van der Waals surface area contributed by atoms with Gasteiger partial charge in [-0.25, -0.2) is 9.82 Å². The van der Waals surface area contributed by atoms with E-state index in [4.69, 9.17) is 9.47 Å². The van der Waals surface area contributed by atoms with E-state index in [2.05, 4.69) is 26.5 Å². The second kappa shape index (κ2) is 11.3. The first kappa shape index (κ1) is 22.5. The Hall–Kier alpha value is -3.19. The van der Waals surface area contributed by atoms with E-state index < -0.39 is 0 Å². The van der Waals surface area contributed by atoms with Gasteiger partial charge < -0.3 is 9.47 Å². The predicted octanol–water partition coefficient (Wildman–Crippen LogP) is 5.26. The van der Waals surface area contributed by atoms with Crippen LogP contribution in [0.25, 0.3) is 0 Å². The lowest BCUT2D eigenvalue weighted by molar-refractivity contribution is -0.120. The summed E-state index contributed by atoms with van der Waals surface area (Å²) in [6.07, 6.45) is 1.79. The van der Waals surface area contributed by atoms with Gasteiger partial charge in [0.05, 0.1) is 19.2 Å². The fourth-order valence-corrected chi connectivity index (χ4v) is 3.00. The topological polar surface area (TPSA) is 59.9 Å². The molecule has 3 rings (SSSR count). The SMILES string of the molecule is CCOc1cc(/C=N\NC(=O)Cc2ccc(Br)cc2)ccc1OCc1ccc(F)cc1. The maximum atomic E-state index is 13.0. The number of nitrogens with one attached hydrogen (secondary N) is 1. The summed E-state index contributed by atoms with van der Waals surface area (Å²) in [5.74, 6) is 0.645. The quantitative estimate of drug-likeness (QED) is 0.332. The first-order valence-electron chi connectivity index (χ1n) is 9.74. The summed E-state index contributed by atoms with van der Waals surface area (Å²) in [6, 6.07) is 19.1. The van der Waals surface area contributed by atoms with Gasteiger partial charge in [-0.3, -0.25) is 4.79 Å². The fraction of sp³-hybridized carbons (Fsp3) is 0.167. The second-order valence-corrected chi connectivity index (χ2v) is 7.57. The van der Waals surface area contributed by atoms with Gasteiger partial charge in [0.1, 0.15) is 12.4 Å². The molecule has 160 valence electrons. The molecule has 0 aliphatic carbocycles. The van der Waals surface area contributed by atoms with Crippen LogP contribution < -0.4 is 14.9 Å². The number of hydrogen-bond acceptors (Lipinski definition) is 4. The third-order valence-electron chi connectivity index (χ3n) is 4.26. The van der Waals surface area contributed by atoms with Crippen molar-refractivity contribution in [3.8, 4) is 11.5 Å². The van der Waals surface area contributed by atoms with Gasteiger partial charge in [-0.05, 0) is 66.1 Å². The van der Waals surface area contributed by atoms with Crippen molar-refractivity contribution in [2.75, 3.05) is 6.61 Å². The summed E-state index contributed by atoms with van der Waals surface area (Å²) in [6.45, 7) is 2.64. The Bertz CT molecular complexity index is 1040. The van der Waals surface area contributed by atoms with E-state index in [0.717, 1.165) is 21.2 Å². The van der Waals surface area contributed by atoms with E-state index in [1.165, 1.54) is 12.1 Å². The number of ether oxygens (including phenoxy) is 2. The molecule has 0 radical (unpaired) electrons. The number of carbonyl (C=O) groups is 1. The number of nitrogens with zero attached hydrogens (tertiary/aromatic N) is 1. The number of halogens is 2. The summed E-state index contributed by atoms with van der Waals surface area (Å²) < 4.78 is 25.5. The monoisotopic (exact) mass is 484 g/mol. The lowest BCUT2D eigenvalue weighted by Gasteiger charge is -2.12. The van der Waals surface area contributed by atoms with Crippen molar-refractivity contribution in [2.24, 2.45) is 5.10 Å². The zero-order chi connectivity index (χ0) is 22.1. The number of benzene rings is 3. The third kappa shape index (κ3) is 7.22. The third-order valence-corrected chi connectivity index (χ3v) is 4.78. The van der Waals surface area contributed by atoms with Crippen molar-refractivity contribution in [1.29, 1.82) is 0 Å². The number of hydrazone groups is 1. The lowest BCUT2D eigenvalue weighted by atomic mass is 10.1. The molecule has 0 heterocycles. The van der Waals surface area contributed by atoms with Gasteiger partial charge in [-0.2, -0.15) is 5.10 Å². The van der Waals surface area contributed by atoms with Crippen LogP contribution in [0.5, 0.6) is 11.5 Å². The van der Waals surface area contributed by atoms with E-state index in [9.17, 15) is 9.18 Å². The zero-order valence-corrected chi connectivity index (χ0v) is 18.6. The molecular weight excluding hydrogens is 463 g/mol. The Balaban J connectivity index is 1.59. The van der Waals surface area contributed by atoms with Crippen LogP contribution in [-0.2, 0) is 17.8 Å². The van der Waals surface area contributed by atoms with Crippen LogP contribution in [0.3, 0.4) is 0 Å². The van der Waals surface area contributed by atoms with Crippen LogP contribution in [0.2, 0.25) is 0 Å². The Morgan fingerprint density at radius 3 is 2.42 bits per heavy atom. The largest absolute Gasteiger partial charge is 0.490 e. The minimum atomic E-state index is -0.286. The normalized spacial score (nSPS) is 10.8. The zero-order valence-electron chi connectivity index (χ0n) is 17.0. The Morgan fingerprint density at radius 2 is 1.71 bits per heavy atom. The van der Waals surface area contributed by atoms with E-state index in [1.54, 1.807) is 30.5 Å². The highest BCUT2D eigenvalue weighted by molar-refractivity contribution is 9.10. The Kier molecular flexibility index (Phi) is 8.18. The van der Waals surface area contributed by atoms with Crippen molar-refractivity contribution in [1.82, 2.24) is 5.43 Å². The average Bonchev–Trinajstić information content (AvgIpc) is 2.76. The highest BCUT2D eigenvalue weighted by Crippen LogP contribution is 2.29. The van der Waals surface area contributed by atoms with Crippen molar-refractivity contribution in [2.45, 2.75) is 20.0 Å². The molecule has 0 aliphatic rings. The predicted molar refractivity (Wildman–Crippen MR) is 122 cm³/mol. The molecule has 0 aromatic heterocycles. The molecule has 0 unspecified atom stereocenters. The van der Waals surface area contributed by atoms with Crippen LogP contribution in [0.1, 0.15) is 23.6 Å². The first-order chi connectivity index (χ1) is 15.0. The van der Waals surface area contributed by atoms with Gasteiger partial charge >= 0.3 is 0 Å². The summed E-state index contributed by atoms with van der Waals surface area (Å²) in [7, 11) is 0. The van der Waals surface area contributed by atoms with Gasteiger partial charge in [0, 0.05) is 4.47 Å². The highest BCUT2D eigenvalue weighted by atomic mass is 79.9. The summed E-state index contributed by atoms with van der Waals surface area (Å²) >= 11 is 3.37. The number of amides is 1. The van der Waals surface area contributed by atoms with Crippen molar-refractivity contribution in [3.63, 3.8) is 0 Å². The van der Waals surface area contributed by atoms with Crippen LogP contribution in [0, 0.1) is 5.82 Å². The molecule has 0 aliphatic heterocycles. The van der Waals surface area contributed by atoms with Crippen LogP contribution >= 0.6 is 15.9 Å². The minimum absolute atomic E-state index is 0.206. The minimum Gasteiger partial charge on any atom is -0.490 e. The Labute approximate surface area is 189 Å². The van der Waals surface area contributed by atoms with E-state index >= 15 is 0 Å². The molecule has 0 atom stereocenters. The molecule has 0 fully saturated rings. The smallest absolute Gasteiger partial charge is 0.244 e. The molecule has 7 heteroatoms. The van der Waals surface area contributed by atoms with Gasteiger partial charge in [0.25, 0.3) is 0 Å². The van der Waals surface area contributed by atoms with Gasteiger partial charge in [-0.1, -0.05) is 40.2 Å². The van der Waals surface area contributed by atoms with E-state index in [0.29, 0.717) is 24.7 Å². The van der Waals surface area contributed by atoms with Crippen molar-refractivity contribution < 1.29 is 18.7 Å². The molecule has 0 saturated carbocycles. The molecule has 3 aromatic rings. The molecule has 1 amide bonds. The summed E-state index contributed by atoms with van der Waals surface area (Å²) in [5.41, 5.74) is 5.03. The van der Waals surface area contributed by atoms with Crippen molar-refractivity contribution >= 4 is 28.1 Å². The van der Waals surface area contributed by atoms with E-state index in [1.807, 2.05) is 37.3 Å². The molecule has 0 bridgehead atoms. The van der Waals surface area contributed by atoms with Crippen LogP contribution in [-0.4, -0.2) is 18.7 Å². The molecule has 3 aromatic carbocycles.